The molecule has 3 aromatic rings. The lowest BCUT2D eigenvalue weighted by atomic mass is 10.1. The van der Waals surface area contributed by atoms with E-state index in [2.05, 4.69) is 24.6 Å². The molecule has 11 nitrogen and oxygen atoms in total. The summed E-state index contributed by atoms with van der Waals surface area (Å²) in [5.41, 5.74) is -1.64. The van der Waals surface area contributed by atoms with Crippen molar-refractivity contribution >= 4 is 33.5 Å². The second-order valence-corrected chi connectivity index (χ2v) is 10.4. The number of benzene rings is 1. The first-order valence-electron chi connectivity index (χ1n) is 11.2. The van der Waals surface area contributed by atoms with Crippen molar-refractivity contribution in [1.82, 2.24) is 19.7 Å². The number of hydrogen-bond acceptors (Lipinski definition) is 9. The van der Waals surface area contributed by atoms with Crippen molar-refractivity contribution in [2.45, 2.75) is 37.5 Å². The van der Waals surface area contributed by atoms with Gasteiger partial charge in [-0.05, 0) is 24.1 Å². The summed E-state index contributed by atoms with van der Waals surface area (Å²) in [4.78, 5) is 20.9. The van der Waals surface area contributed by atoms with Gasteiger partial charge in [0.15, 0.2) is 0 Å². The van der Waals surface area contributed by atoms with Crippen molar-refractivity contribution in [2.24, 2.45) is 11.1 Å². The van der Waals surface area contributed by atoms with E-state index < -0.39 is 64.5 Å². The smallest absolute Gasteiger partial charge is 0.390 e. The van der Waals surface area contributed by atoms with Crippen LogP contribution in [0.25, 0.3) is 0 Å². The third kappa shape index (κ3) is 6.88. The Kier molecular flexibility index (Phi) is 8.22. The molecule has 1 fully saturated rings. The number of carbonyl (C=O) groups is 1. The van der Waals surface area contributed by atoms with Gasteiger partial charge in [-0.25, -0.2) is 19.5 Å². The molecule has 0 saturated heterocycles. The molecule has 4 unspecified atom stereocenters. The molecular weight excluding hydrogens is 572 g/mol. The second-order valence-electron chi connectivity index (χ2n) is 8.77. The van der Waals surface area contributed by atoms with E-state index in [9.17, 15) is 35.9 Å². The zero-order chi connectivity index (χ0) is 28.5. The lowest BCUT2D eigenvalue weighted by Crippen LogP contribution is -2.33. The van der Waals surface area contributed by atoms with Gasteiger partial charge >= 0.3 is 16.5 Å². The fourth-order valence-corrected chi connectivity index (χ4v) is 4.77. The topological polar surface area (TPSA) is 162 Å². The molecule has 39 heavy (non-hydrogen) atoms. The number of alkyl halides is 4. The maximum absolute atomic E-state index is 14.8. The number of halogens is 5. The molecule has 1 aromatic carbocycles. The minimum atomic E-state index is -4.84. The maximum Gasteiger partial charge on any atom is 0.433 e. The first-order chi connectivity index (χ1) is 18.2. The predicted octanol–water partition coefficient (Wildman–Crippen LogP) is 2.34. The van der Waals surface area contributed by atoms with Gasteiger partial charge in [-0.1, -0.05) is 23.7 Å². The van der Waals surface area contributed by atoms with Crippen molar-refractivity contribution in [3.63, 3.8) is 0 Å². The summed E-state index contributed by atoms with van der Waals surface area (Å²) in [5.74, 6) is -2.16. The number of nitrogens with two attached hydrogens (primary N) is 1. The van der Waals surface area contributed by atoms with E-state index in [4.69, 9.17) is 16.7 Å². The van der Waals surface area contributed by atoms with Gasteiger partial charge < -0.3 is 10.4 Å². The normalized spacial score (nSPS) is 21.7. The van der Waals surface area contributed by atoms with Crippen LogP contribution in [-0.4, -0.2) is 64.0 Å². The Bertz CT molecular complexity index is 1470. The summed E-state index contributed by atoms with van der Waals surface area (Å²) in [5, 5.41) is 21.7. The molecule has 1 aliphatic rings. The van der Waals surface area contributed by atoms with Crippen LogP contribution in [0.2, 0.25) is 5.02 Å². The Morgan fingerprint density at radius 2 is 2.05 bits per heavy atom. The number of hydrogen-bond donors (Lipinski definition) is 3. The first-order valence-corrected chi connectivity index (χ1v) is 13.1. The van der Waals surface area contributed by atoms with Crippen molar-refractivity contribution in [3.8, 4) is 0 Å². The van der Waals surface area contributed by atoms with Crippen molar-refractivity contribution < 1.29 is 40.1 Å². The Labute approximate surface area is 224 Å². The molecule has 2 heterocycles. The Morgan fingerprint density at radius 1 is 1.31 bits per heavy atom. The van der Waals surface area contributed by atoms with Crippen LogP contribution in [0.1, 0.15) is 33.7 Å². The summed E-state index contributed by atoms with van der Waals surface area (Å²) in [6, 6.07) is 5.56. The monoisotopic (exact) mass is 592 g/mol. The number of ketones is 1. The highest BCUT2D eigenvalue weighted by molar-refractivity contribution is 7.84. The fraction of sp³-hybridized carbons (Fsp3) is 0.364. The third-order valence-electron chi connectivity index (χ3n) is 6.00. The van der Waals surface area contributed by atoms with Crippen molar-refractivity contribution in [1.29, 1.82) is 0 Å². The van der Waals surface area contributed by atoms with E-state index >= 15 is 0 Å². The highest BCUT2D eigenvalue weighted by atomic mass is 35.5. The predicted molar refractivity (Wildman–Crippen MR) is 129 cm³/mol. The minimum absolute atomic E-state index is 0.137. The van der Waals surface area contributed by atoms with Crippen LogP contribution in [0.4, 0.5) is 23.4 Å². The number of aliphatic hydroxyl groups excluding tert-OH is 1. The van der Waals surface area contributed by atoms with Crippen LogP contribution in [0.5, 0.6) is 0 Å². The molecule has 210 valence electrons. The summed E-state index contributed by atoms with van der Waals surface area (Å²) in [7, 11) is -4.33. The van der Waals surface area contributed by atoms with E-state index in [0.717, 1.165) is 12.5 Å². The van der Waals surface area contributed by atoms with Gasteiger partial charge in [-0.3, -0.25) is 13.7 Å². The highest BCUT2D eigenvalue weighted by Crippen LogP contribution is 2.34. The summed E-state index contributed by atoms with van der Waals surface area (Å²) >= 11 is 5.92. The standard InChI is InChI=1S/C22H21ClF4N6O5S/c23-13-3-1-2-11(4-13)8-33-17(22(25,26)27)6-16(32-33)20(35)14-7-29-10-30-21(14)31-15-5-12(19(34)18(15)24)9-38-39(28,36)37/h1-4,6-7,10,12,15,18-19,34H,5,8-9H2,(H2,28,36,37)(H,29,30,31). The summed E-state index contributed by atoms with van der Waals surface area (Å²) in [6.07, 6.45) is -6.47. The second kappa shape index (κ2) is 11.1. The molecule has 0 bridgehead atoms. The van der Waals surface area contributed by atoms with Crippen LogP contribution >= 0.6 is 11.6 Å². The number of aromatic nitrogens is 4. The molecular formula is C22H21ClF4N6O5S. The summed E-state index contributed by atoms with van der Waals surface area (Å²) < 4.78 is 83.2. The van der Waals surface area contributed by atoms with Gasteiger partial charge in [-0.2, -0.15) is 26.7 Å². The third-order valence-corrected chi connectivity index (χ3v) is 6.70. The molecule has 4 N–H and O–H groups in total. The molecule has 4 atom stereocenters. The number of anilines is 1. The Hall–Kier alpha value is -3.18. The largest absolute Gasteiger partial charge is 0.433 e. The highest BCUT2D eigenvalue weighted by Gasteiger charge is 2.44. The summed E-state index contributed by atoms with van der Waals surface area (Å²) in [6.45, 7) is -0.914. The quantitative estimate of drug-likeness (QED) is 0.250. The van der Waals surface area contributed by atoms with Gasteiger partial charge in [0.1, 0.15) is 29.7 Å². The lowest BCUT2D eigenvalue weighted by molar-refractivity contribution is -0.144. The molecule has 0 radical (unpaired) electrons. The molecule has 0 aliphatic heterocycles. The fourth-order valence-electron chi connectivity index (χ4n) is 4.19. The Balaban J connectivity index is 1.59. The van der Waals surface area contributed by atoms with E-state index in [-0.39, 0.29) is 24.3 Å². The van der Waals surface area contributed by atoms with Crippen LogP contribution in [0.3, 0.4) is 0 Å². The molecule has 1 aliphatic carbocycles. The zero-order valence-corrected chi connectivity index (χ0v) is 21.3. The van der Waals surface area contributed by atoms with Crippen molar-refractivity contribution in [3.05, 3.63) is 70.4 Å². The van der Waals surface area contributed by atoms with E-state index in [1.54, 1.807) is 18.2 Å². The maximum atomic E-state index is 14.8. The van der Waals surface area contributed by atoms with E-state index in [1.807, 2.05) is 0 Å². The lowest BCUT2D eigenvalue weighted by Gasteiger charge is -2.18. The number of aliphatic hydroxyl groups is 1. The van der Waals surface area contributed by atoms with Crippen LogP contribution in [0.15, 0.2) is 42.9 Å². The molecule has 1 saturated carbocycles. The van der Waals surface area contributed by atoms with E-state index in [0.29, 0.717) is 21.3 Å². The number of nitrogens with one attached hydrogen (secondary N) is 1. The number of carbonyl (C=O) groups excluding carboxylic acids is 1. The van der Waals surface area contributed by atoms with Gasteiger partial charge in [0.2, 0.25) is 5.78 Å². The molecule has 0 amide bonds. The van der Waals surface area contributed by atoms with Crippen molar-refractivity contribution in [2.75, 3.05) is 11.9 Å². The van der Waals surface area contributed by atoms with E-state index in [1.165, 1.54) is 6.07 Å². The van der Waals surface area contributed by atoms with Gasteiger partial charge in [0.25, 0.3) is 0 Å². The van der Waals surface area contributed by atoms with Gasteiger partial charge in [0, 0.05) is 23.2 Å². The van der Waals surface area contributed by atoms with Gasteiger partial charge in [-0.15, -0.1) is 0 Å². The SMILES string of the molecule is NS(=O)(=O)OCC1CC(Nc2ncncc2C(=O)c2cc(C(F)(F)F)n(Cc3cccc(Cl)c3)n2)C(F)C1O. The number of rotatable bonds is 9. The van der Waals surface area contributed by atoms with Crippen LogP contribution in [-0.2, 0) is 27.2 Å². The molecule has 2 aromatic heterocycles. The average Bonchev–Trinajstić information content (AvgIpc) is 3.39. The first kappa shape index (κ1) is 28.8. The van der Waals surface area contributed by atoms with Gasteiger partial charge in [0.05, 0.1) is 30.9 Å². The molecule has 0 spiro atoms. The minimum Gasteiger partial charge on any atom is -0.390 e. The Morgan fingerprint density at radius 3 is 2.72 bits per heavy atom. The molecule has 17 heteroatoms. The van der Waals surface area contributed by atoms with Crippen LogP contribution < -0.4 is 10.5 Å². The zero-order valence-electron chi connectivity index (χ0n) is 19.7. The molecule has 4 rings (SSSR count). The number of nitrogens with zero attached hydrogens (tertiary/aromatic N) is 4. The average molecular weight is 593 g/mol. The van der Waals surface area contributed by atoms with Crippen LogP contribution in [0, 0.1) is 5.92 Å².